The van der Waals surface area contributed by atoms with Crippen molar-refractivity contribution >= 4 is 12.4 Å². The lowest BCUT2D eigenvalue weighted by molar-refractivity contribution is -0.0517. The molecule has 0 amide bonds. The fraction of sp³-hybridized carbons (Fsp3) is 1.00. The summed E-state index contributed by atoms with van der Waals surface area (Å²) in [5.41, 5.74) is 6.26. The van der Waals surface area contributed by atoms with Gasteiger partial charge in [-0.15, -0.1) is 12.4 Å². The van der Waals surface area contributed by atoms with Gasteiger partial charge < -0.3 is 4.74 Å². The van der Waals surface area contributed by atoms with Crippen LogP contribution in [0.2, 0.25) is 0 Å². The van der Waals surface area contributed by atoms with Crippen LogP contribution in [0.3, 0.4) is 0 Å². The highest BCUT2D eigenvalue weighted by atomic mass is 35.5. The number of ether oxygens (including phenoxy) is 1. The van der Waals surface area contributed by atoms with Crippen molar-refractivity contribution in [2.45, 2.75) is 37.8 Å². The normalized spacial score (nSPS) is 37.1. The molecule has 2 N–H and O–H groups in total. The smallest absolute Gasteiger partial charge is 0.109 e. The highest BCUT2D eigenvalue weighted by Crippen LogP contribution is 2.21. The minimum absolute atomic E-state index is 0. The van der Waals surface area contributed by atoms with Crippen LogP contribution in [0.4, 0.5) is 0 Å². The van der Waals surface area contributed by atoms with E-state index in [0.29, 0.717) is 18.9 Å². The molecular formula is C7H15ClN2O. The van der Waals surface area contributed by atoms with Crippen LogP contribution in [0.5, 0.6) is 0 Å². The second kappa shape index (κ2) is 4.26. The maximum Gasteiger partial charge on any atom is 0.109 e. The molecular weight excluding hydrogens is 164 g/mol. The van der Waals surface area contributed by atoms with Crippen molar-refractivity contribution < 1.29 is 4.74 Å². The van der Waals surface area contributed by atoms with Crippen LogP contribution >= 0.6 is 12.4 Å². The molecule has 2 rings (SSSR count). The summed E-state index contributed by atoms with van der Waals surface area (Å²) < 4.78 is 5.51. The van der Waals surface area contributed by atoms with Gasteiger partial charge >= 0.3 is 0 Å². The number of fused-ring (bicyclic) bond motifs is 1. The minimum atomic E-state index is 0. The Morgan fingerprint density at radius 2 is 2.00 bits per heavy atom. The van der Waals surface area contributed by atoms with E-state index in [1.54, 1.807) is 0 Å². The Balaban J connectivity index is 0.000000605. The largest absolute Gasteiger partial charge is 0.360 e. The maximum atomic E-state index is 5.51. The molecule has 1 saturated heterocycles. The van der Waals surface area contributed by atoms with E-state index in [0.717, 1.165) is 0 Å². The van der Waals surface area contributed by atoms with Gasteiger partial charge in [-0.2, -0.15) is 0 Å². The topological polar surface area (TPSA) is 33.3 Å². The molecule has 11 heavy (non-hydrogen) atoms. The van der Waals surface area contributed by atoms with Gasteiger partial charge in [0.05, 0.1) is 6.10 Å². The van der Waals surface area contributed by atoms with Gasteiger partial charge in [0.25, 0.3) is 0 Å². The summed E-state index contributed by atoms with van der Waals surface area (Å²) in [7, 11) is 0. The Morgan fingerprint density at radius 1 is 1.18 bits per heavy atom. The lowest BCUT2D eigenvalue weighted by Crippen LogP contribution is -2.56. The molecule has 0 aromatic carbocycles. The van der Waals surface area contributed by atoms with Crippen LogP contribution < -0.4 is 10.9 Å². The fourth-order valence-corrected chi connectivity index (χ4v) is 1.78. The molecule has 0 radical (unpaired) electrons. The van der Waals surface area contributed by atoms with Gasteiger partial charge in [0, 0.05) is 6.04 Å². The van der Waals surface area contributed by atoms with Crippen LogP contribution in [-0.2, 0) is 4.74 Å². The van der Waals surface area contributed by atoms with Gasteiger partial charge in [-0.3, -0.25) is 5.43 Å². The zero-order valence-corrected chi connectivity index (χ0v) is 7.32. The SMILES string of the molecule is C1CCC2OCNNC2C1.Cl. The maximum absolute atomic E-state index is 5.51. The van der Waals surface area contributed by atoms with Crippen LogP contribution in [0.1, 0.15) is 25.7 Å². The summed E-state index contributed by atoms with van der Waals surface area (Å²) in [5.74, 6) is 0. The minimum Gasteiger partial charge on any atom is -0.360 e. The molecule has 0 bridgehead atoms. The van der Waals surface area contributed by atoms with Gasteiger partial charge in [-0.25, -0.2) is 5.43 Å². The number of nitrogens with one attached hydrogen (secondary N) is 2. The fourth-order valence-electron chi connectivity index (χ4n) is 1.78. The average molecular weight is 179 g/mol. The summed E-state index contributed by atoms with van der Waals surface area (Å²) in [5, 5.41) is 0. The molecule has 4 heteroatoms. The lowest BCUT2D eigenvalue weighted by atomic mass is 9.93. The first-order valence-electron chi connectivity index (χ1n) is 4.07. The molecule has 2 fully saturated rings. The second-order valence-electron chi connectivity index (χ2n) is 3.06. The molecule has 0 aromatic rings. The summed E-state index contributed by atoms with van der Waals surface area (Å²) in [6.45, 7) is 0.668. The number of rotatable bonds is 0. The van der Waals surface area contributed by atoms with Crippen molar-refractivity contribution in [1.29, 1.82) is 0 Å². The third-order valence-corrected chi connectivity index (χ3v) is 2.36. The molecule has 1 aliphatic carbocycles. The van der Waals surface area contributed by atoms with E-state index in [1.807, 2.05) is 0 Å². The Labute approximate surface area is 73.3 Å². The molecule has 1 heterocycles. The summed E-state index contributed by atoms with van der Waals surface area (Å²) >= 11 is 0. The third kappa shape index (κ3) is 2.06. The van der Waals surface area contributed by atoms with Crippen molar-refractivity contribution in [3.8, 4) is 0 Å². The molecule has 0 spiro atoms. The van der Waals surface area contributed by atoms with Crippen LogP contribution in [0.15, 0.2) is 0 Å². The molecule has 2 aliphatic rings. The zero-order chi connectivity index (χ0) is 6.81. The van der Waals surface area contributed by atoms with E-state index < -0.39 is 0 Å². The van der Waals surface area contributed by atoms with E-state index >= 15 is 0 Å². The molecule has 3 nitrogen and oxygen atoms in total. The van der Waals surface area contributed by atoms with E-state index in [1.165, 1.54) is 25.7 Å². The summed E-state index contributed by atoms with van der Waals surface area (Å²) in [6, 6.07) is 0.572. The van der Waals surface area contributed by atoms with Crippen molar-refractivity contribution in [3.05, 3.63) is 0 Å². The van der Waals surface area contributed by atoms with E-state index in [-0.39, 0.29) is 12.4 Å². The zero-order valence-electron chi connectivity index (χ0n) is 6.51. The van der Waals surface area contributed by atoms with Crippen molar-refractivity contribution in [3.63, 3.8) is 0 Å². The molecule has 2 unspecified atom stereocenters. The van der Waals surface area contributed by atoms with Gasteiger partial charge in [-0.1, -0.05) is 12.8 Å². The van der Waals surface area contributed by atoms with Crippen LogP contribution in [0.25, 0.3) is 0 Å². The summed E-state index contributed by atoms with van der Waals surface area (Å²) in [4.78, 5) is 0. The van der Waals surface area contributed by atoms with Crippen molar-refractivity contribution in [2.75, 3.05) is 6.73 Å². The monoisotopic (exact) mass is 178 g/mol. The first-order chi connectivity index (χ1) is 4.97. The second-order valence-corrected chi connectivity index (χ2v) is 3.06. The molecule has 1 saturated carbocycles. The first-order valence-corrected chi connectivity index (χ1v) is 4.07. The van der Waals surface area contributed by atoms with Gasteiger partial charge in [0.1, 0.15) is 6.73 Å². The van der Waals surface area contributed by atoms with Gasteiger partial charge in [0.2, 0.25) is 0 Å². The third-order valence-electron chi connectivity index (χ3n) is 2.36. The number of hydrogen-bond donors (Lipinski definition) is 2. The van der Waals surface area contributed by atoms with Gasteiger partial charge in [-0.05, 0) is 12.8 Å². The molecule has 0 aromatic heterocycles. The highest BCUT2D eigenvalue weighted by molar-refractivity contribution is 5.85. The van der Waals surface area contributed by atoms with Crippen molar-refractivity contribution in [1.82, 2.24) is 10.9 Å². The average Bonchev–Trinajstić information content (AvgIpc) is 2.05. The summed E-state index contributed by atoms with van der Waals surface area (Å²) in [6.07, 6.45) is 5.66. The number of hydrazine groups is 1. The lowest BCUT2D eigenvalue weighted by Gasteiger charge is -2.36. The van der Waals surface area contributed by atoms with E-state index in [2.05, 4.69) is 10.9 Å². The van der Waals surface area contributed by atoms with Gasteiger partial charge in [0.15, 0.2) is 0 Å². The highest BCUT2D eigenvalue weighted by Gasteiger charge is 2.27. The molecule has 1 aliphatic heterocycles. The predicted molar refractivity (Wildman–Crippen MR) is 45.5 cm³/mol. The Morgan fingerprint density at radius 3 is 2.82 bits per heavy atom. The Bertz CT molecular complexity index is 97.0. The Kier molecular flexibility index (Phi) is 3.59. The van der Waals surface area contributed by atoms with Crippen LogP contribution in [0, 0.1) is 0 Å². The van der Waals surface area contributed by atoms with E-state index in [4.69, 9.17) is 4.74 Å². The predicted octanol–water partition coefficient (Wildman–Crippen LogP) is 0.801. The quantitative estimate of drug-likeness (QED) is 0.576. The molecule has 2 atom stereocenters. The number of halogens is 1. The van der Waals surface area contributed by atoms with Crippen LogP contribution in [-0.4, -0.2) is 18.9 Å². The van der Waals surface area contributed by atoms with Crippen molar-refractivity contribution in [2.24, 2.45) is 0 Å². The first kappa shape index (κ1) is 9.26. The van der Waals surface area contributed by atoms with E-state index in [9.17, 15) is 0 Å². The standard InChI is InChI=1S/C7H14N2O.ClH/c1-2-4-7-6(3-1)9-8-5-10-7;/h6-9H,1-5H2;1H. The molecule has 66 valence electrons. The Hall–Kier alpha value is 0.170. The number of hydrogen-bond acceptors (Lipinski definition) is 3.